The van der Waals surface area contributed by atoms with Crippen LogP contribution in [0.25, 0.3) is 0 Å². The van der Waals surface area contributed by atoms with Crippen molar-refractivity contribution in [2.45, 2.75) is 70.4 Å². The van der Waals surface area contributed by atoms with Crippen LogP contribution >= 0.6 is 0 Å². The number of likely N-dealkylation sites (tertiary alicyclic amines) is 1. The van der Waals surface area contributed by atoms with Crippen molar-refractivity contribution in [2.24, 2.45) is 0 Å². The summed E-state index contributed by atoms with van der Waals surface area (Å²) < 4.78 is 7.01. The van der Waals surface area contributed by atoms with Gasteiger partial charge in [0.2, 0.25) is 0 Å². The summed E-state index contributed by atoms with van der Waals surface area (Å²) in [6, 6.07) is 9.29. The summed E-state index contributed by atoms with van der Waals surface area (Å²) in [5.41, 5.74) is 2.79. The number of carbonyl (C=O) groups excluding carboxylic acids is 1. The third-order valence-corrected chi connectivity index (χ3v) is 6.42. The van der Waals surface area contributed by atoms with Crippen LogP contribution in [0.4, 0.5) is 0 Å². The highest BCUT2D eigenvalue weighted by molar-refractivity contribution is 5.97. The Morgan fingerprint density at radius 2 is 1.97 bits per heavy atom. The minimum atomic E-state index is -0.0194. The quantitative estimate of drug-likeness (QED) is 0.708. The topological polar surface area (TPSA) is 64.4 Å². The number of piperidine rings is 1. The van der Waals surface area contributed by atoms with Crippen molar-refractivity contribution in [3.8, 4) is 5.75 Å². The van der Waals surface area contributed by atoms with Gasteiger partial charge in [0.1, 0.15) is 5.75 Å². The lowest BCUT2D eigenvalue weighted by Gasteiger charge is -2.36. The number of nitrogens with zero attached hydrogens (tertiary/aromatic N) is 3. The van der Waals surface area contributed by atoms with Crippen molar-refractivity contribution in [3.63, 3.8) is 0 Å². The maximum atomic E-state index is 13.3. The molecule has 6 nitrogen and oxygen atoms in total. The molecule has 1 atom stereocenters. The van der Waals surface area contributed by atoms with Crippen molar-refractivity contribution in [1.29, 1.82) is 0 Å². The molecule has 0 unspecified atom stereocenters. The Morgan fingerprint density at radius 3 is 2.83 bits per heavy atom. The number of amides is 1. The fraction of sp³-hybridized carbons (Fsp3) is 0.542. The fourth-order valence-electron chi connectivity index (χ4n) is 4.75. The monoisotopic (exact) mass is 409 g/mol. The molecule has 2 aromatic rings. The number of hydrogen-bond acceptors (Lipinski definition) is 4. The Bertz CT molecular complexity index is 953. The molecule has 1 aromatic carbocycles. The standard InChI is InChI=1S/C24H31N3O3/c1-30-22-13-6-5-11-20(22)24(29)26-15-8-7-10-19(26)14-16-27-23(28)17-18-9-3-2-4-12-21(18)25-27/h5-6,11,13,17,19H,2-4,7-10,12,14-16H2,1H3/t19-/m1/s1. The first kappa shape index (κ1) is 20.6. The molecule has 0 spiro atoms. The Kier molecular flexibility index (Phi) is 6.50. The average Bonchev–Trinajstić information content (AvgIpc) is 3.02. The number of hydrogen-bond donors (Lipinski definition) is 0. The van der Waals surface area contributed by atoms with Gasteiger partial charge in [-0.15, -0.1) is 0 Å². The number of aromatic nitrogens is 2. The number of para-hydroxylation sites is 1. The number of benzene rings is 1. The van der Waals surface area contributed by atoms with E-state index < -0.39 is 0 Å². The molecule has 160 valence electrons. The molecular weight excluding hydrogens is 378 g/mol. The van der Waals surface area contributed by atoms with E-state index >= 15 is 0 Å². The first-order valence-electron chi connectivity index (χ1n) is 11.2. The highest BCUT2D eigenvalue weighted by Gasteiger charge is 2.29. The van der Waals surface area contributed by atoms with Gasteiger partial charge < -0.3 is 9.64 Å². The third-order valence-electron chi connectivity index (χ3n) is 6.42. The van der Waals surface area contributed by atoms with Gasteiger partial charge in [-0.3, -0.25) is 9.59 Å². The highest BCUT2D eigenvalue weighted by Crippen LogP contribution is 2.26. The molecule has 6 heteroatoms. The van der Waals surface area contributed by atoms with Gasteiger partial charge in [0.15, 0.2) is 0 Å². The van der Waals surface area contributed by atoms with Crippen LogP contribution in [0.3, 0.4) is 0 Å². The molecule has 1 aliphatic carbocycles. The van der Waals surface area contributed by atoms with Crippen molar-refractivity contribution in [3.05, 3.63) is 57.5 Å². The Morgan fingerprint density at radius 1 is 1.13 bits per heavy atom. The van der Waals surface area contributed by atoms with Gasteiger partial charge >= 0.3 is 0 Å². The van der Waals surface area contributed by atoms with Crippen molar-refractivity contribution in [2.75, 3.05) is 13.7 Å². The van der Waals surface area contributed by atoms with Crippen LogP contribution in [-0.2, 0) is 19.4 Å². The van der Waals surface area contributed by atoms with Gasteiger partial charge in [-0.2, -0.15) is 5.10 Å². The average molecular weight is 410 g/mol. The zero-order valence-corrected chi connectivity index (χ0v) is 17.8. The van der Waals surface area contributed by atoms with E-state index in [9.17, 15) is 9.59 Å². The third kappa shape index (κ3) is 4.42. The second-order valence-corrected chi connectivity index (χ2v) is 8.38. The predicted octanol–water partition coefficient (Wildman–Crippen LogP) is 3.61. The normalized spacial score (nSPS) is 19.1. The largest absolute Gasteiger partial charge is 0.496 e. The minimum Gasteiger partial charge on any atom is -0.496 e. The van der Waals surface area contributed by atoms with E-state index in [0.29, 0.717) is 17.9 Å². The summed E-state index contributed by atoms with van der Waals surface area (Å²) in [4.78, 5) is 27.8. The Labute approximate surface area is 177 Å². The Balaban J connectivity index is 1.50. The molecule has 0 bridgehead atoms. The summed E-state index contributed by atoms with van der Waals surface area (Å²) >= 11 is 0. The van der Waals surface area contributed by atoms with Crippen molar-refractivity contribution >= 4 is 5.91 Å². The maximum absolute atomic E-state index is 13.3. The molecule has 0 saturated carbocycles. The van der Waals surface area contributed by atoms with Gasteiger partial charge in [0.25, 0.3) is 11.5 Å². The smallest absolute Gasteiger partial charge is 0.267 e. The second kappa shape index (κ2) is 9.45. The van der Waals surface area contributed by atoms with E-state index in [1.54, 1.807) is 17.9 Å². The molecule has 4 rings (SSSR count). The summed E-state index contributed by atoms with van der Waals surface area (Å²) in [5, 5.41) is 4.69. The minimum absolute atomic E-state index is 0.0133. The van der Waals surface area contributed by atoms with Gasteiger partial charge in [-0.05, 0) is 69.1 Å². The molecule has 1 aromatic heterocycles. The van der Waals surface area contributed by atoms with Crippen LogP contribution in [0.1, 0.15) is 66.6 Å². The number of fused-ring (bicyclic) bond motifs is 1. The van der Waals surface area contributed by atoms with Crippen LogP contribution < -0.4 is 10.3 Å². The lowest BCUT2D eigenvalue weighted by molar-refractivity contribution is 0.0590. The number of rotatable bonds is 5. The van der Waals surface area contributed by atoms with Crippen LogP contribution in [0.2, 0.25) is 0 Å². The summed E-state index contributed by atoms with van der Waals surface area (Å²) in [6.07, 6.45) is 9.21. The number of ether oxygens (including phenoxy) is 1. The molecule has 1 saturated heterocycles. The van der Waals surface area contributed by atoms with E-state index in [1.165, 1.54) is 6.42 Å². The van der Waals surface area contributed by atoms with Crippen LogP contribution in [-0.4, -0.2) is 40.3 Å². The first-order chi connectivity index (χ1) is 14.7. The molecule has 1 fully saturated rings. The highest BCUT2D eigenvalue weighted by atomic mass is 16.5. The summed E-state index contributed by atoms with van der Waals surface area (Å²) in [5.74, 6) is 0.620. The van der Waals surface area contributed by atoms with E-state index in [4.69, 9.17) is 9.84 Å². The molecule has 30 heavy (non-hydrogen) atoms. The molecule has 2 heterocycles. The van der Waals surface area contributed by atoms with E-state index in [1.807, 2.05) is 29.2 Å². The molecule has 0 N–H and O–H groups in total. The second-order valence-electron chi connectivity index (χ2n) is 8.38. The first-order valence-corrected chi connectivity index (χ1v) is 11.2. The van der Waals surface area contributed by atoms with E-state index in [-0.39, 0.29) is 17.5 Å². The molecule has 1 amide bonds. The van der Waals surface area contributed by atoms with E-state index in [2.05, 4.69) is 0 Å². The summed E-state index contributed by atoms with van der Waals surface area (Å²) in [6.45, 7) is 1.29. The van der Waals surface area contributed by atoms with Crippen LogP contribution in [0, 0.1) is 0 Å². The predicted molar refractivity (Wildman–Crippen MR) is 116 cm³/mol. The lowest BCUT2D eigenvalue weighted by Crippen LogP contribution is -2.44. The van der Waals surface area contributed by atoms with Gasteiger partial charge in [-0.25, -0.2) is 4.68 Å². The fourth-order valence-corrected chi connectivity index (χ4v) is 4.75. The summed E-state index contributed by atoms with van der Waals surface area (Å²) in [7, 11) is 1.59. The lowest BCUT2D eigenvalue weighted by atomic mass is 9.98. The number of methoxy groups -OCH3 is 1. The zero-order chi connectivity index (χ0) is 20.9. The van der Waals surface area contributed by atoms with Gasteiger partial charge in [0.05, 0.1) is 18.4 Å². The van der Waals surface area contributed by atoms with Crippen molar-refractivity contribution in [1.82, 2.24) is 14.7 Å². The molecule has 2 aliphatic rings. The van der Waals surface area contributed by atoms with Crippen LogP contribution in [0.15, 0.2) is 35.1 Å². The van der Waals surface area contributed by atoms with Crippen LogP contribution in [0.5, 0.6) is 5.75 Å². The Hall–Kier alpha value is -2.63. The van der Waals surface area contributed by atoms with Crippen molar-refractivity contribution < 1.29 is 9.53 Å². The van der Waals surface area contributed by atoms with E-state index in [0.717, 1.165) is 69.2 Å². The molecular formula is C24H31N3O3. The zero-order valence-electron chi connectivity index (χ0n) is 17.8. The van der Waals surface area contributed by atoms with Gasteiger partial charge in [0, 0.05) is 25.2 Å². The molecule has 1 aliphatic heterocycles. The number of aryl methyl sites for hydroxylation is 3. The van der Waals surface area contributed by atoms with Gasteiger partial charge in [-0.1, -0.05) is 18.6 Å². The molecule has 0 radical (unpaired) electrons. The number of carbonyl (C=O) groups is 1. The maximum Gasteiger partial charge on any atom is 0.267 e. The SMILES string of the molecule is COc1ccccc1C(=O)N1CCCC[C@@H]1CCn1nc2c(cc1=O)CCCCC2.